The Bertz CT molecular complexity index is 415. The number of hydrogen-bond acceptors (Lipinski definition) is 7. The van der Waals surface area contributed by atoms with Crippen LogP contribution >= 0.6 is 23.1 Å². The maximum atomic E-state index is 10.4. The minimum absolute atomic E-state index is 0.0900. The minimum atomic E-state index is -1.09. The van der Waals surface area contributed by atoms with E-state index in [0.717, 1.165) is 30.0 Å². The number of thioether (sulfide) groups is 1. The van der Waals surface area contributed by atoms with Crippen molar-refractivity contribution in [2.24, 2.45) is 0 Å². The molecule has 1 heterocycles. The zero-order valence-corrected chi connectivity index (χ0v) is 13.9. The fraction of sp³-hybridized carbons (Fsp3) is 0.750. The lowest BCUT2D eigenvalue weighted by atomic mass is 10.2. The van der Waals surface area contributed by atoms with E-state index in [1.165, 1.54) is 16.2 Å². The highest BCUT2D eigenvalue weighted by Gasteiger charge is 2.16. The summed E-state index contributed by atoms with van der Waals surface area (Å²) in [6.07, 6.45) is 0. The fourth-order valence-electron chi connectivity index (χ4n) is 2.02. The van der Waals surface area contributed by atoms with Crippen LogP contribution in [0.5, 0.6) is 0 Å². The van der Waals surface area contributed by atoms with Gasteiger partial charge in [-0.25, -0.2) is 0 Å². The van der Waals surface area contributed by atoms with Gasteiger partial charge in [0, 0.05) is 5.75 Å². The summed E-state index contributed by atoms with van der Waals surface area (Å²) in [6, 6.07) is 1.17. The van der Waals surface area contributed by atoms with Crippen molar-refractivity contribution in [3.8, 4) is 0 Å². The summed E-state index contributed by atoms with van der Waals surface area (Å²) >= 11 is 2.51. The van der Waals surface area contributed by atoms with Crippen molar-refractivity contribution in [1.29, 1.82) is 0 Å². The normalized spacial score (nSPS) is 11.6. The molecule has 1 aromatic rings. The van der Waals surface area contributed by atoms with Crippen LogP contribution in [0.1, 0.15) is 27.7 Å². The first-order valence-corrected chi connectivity index (χ1v) is 8.46. The average molecular weight is 318 g/mol. The molecule has 0 saturated heterocycles. The molecule has 0 aliphatic rings. The van der Waals surface area contributed by atoms with Crippen molar-refractivity contribution in [3.05, 3.63) is 0 Å². The van der Waals surface area contributed by atoms with Gasteiger partial charge >= 0.3 is 0 Å². The summed E-state index contributed by atoms with van der Waals surface area (Å²) in [5.74, 6) is -1.18. The number of nitrogens with zero attached hydrogens (tertiary/aromatic N) is 2. The van der Waals surface area contributed by atoms with Crippen molar-refractivity contribution in [2.45, 2.75) is 44.1 Å². The standard InChI is InChI=1S/C12H22N4O2S2/c1-8(2)16(9(3)4)6-5-13-11-14-15-12(20-11)19-7-10(17)18/h8-9H,5-7H2,1-4H3,(H,13,14)(H,17,18). The lowest BCUT2D eigenvalue weighted by Crippen LogP contribution is -3.18. The van der Waals surface area contributed by atoms with Crippen LogP contribution < -0.4 is 15.3 Å². The second kappa shape index (κ2) is 8.43. The van der Waals surface area contributed by atoms with Crippen LogP contribution in [0.15, 0.2) is 4.34 Å². The largest absolute Gasteiger partial charge is 0.549 e. The number of carbonyl (C=O) groups excluding carboxylic acids is 1. The molecule has 8 heteroatoms. The number of carboxylic acid groups (broad SMARTS) is 1. The highest BCUT2D eigenvalue weighted by Crippen LogP contribution is 2.24. The Morgan fingerprint density at radius 3 is 2.55 bits per heavy atom. The molecule has 1 aromatic heterocycles. The molecule has 2 N–H and O–H groups in total. The first kappa shape index (κ1) is 17.2. The average Bonchev–Trinajstić information content (AvgIpc) is 2.79. The van der Waals surface area contributed by atoms with Crippen LogP contribution in [0.3, 0.4) is 0 Å². The molecule has 0 radical (unpaired) electrons. The van der Waals surface area contributed by atoms with Gasteiger partial charge in [-0.15, -0.1) is 10.2 Å². The SMILES string of the molecule is CC(C)[NH+](CCNc1nnc(SCC(=O)[O-])s1)C(C)C. The van der Waals surface area contributed by atoms with Crippen LogP contribution in [-0.4, -0.2) is 47.1 Å². The van der Waals surface area contributed by atoms with E-state index in [1.807, 2.05) is 0 Å². The van der Waals surface area contributed by atoms with Gasteiger partial charge in [-0.2, -0.15) is 0 Å². The maximum absolute atomic E-state index is 10.4. The molecule has 0 aliphatic carbocycles. The molecule has 0 spiro atoms. The second-order valence-electron chi connectivity index (χ2n) is 5.09. The third kappa shape index (κ3) is 6.06. The van der Waals surface area contributed by atoms with Gasteiger partial charge in [-0.05, 0) is 27.7 Å². The molecule has 0 bridgehead atoms. The number of carbonyl (C=O) groups is 1. The number of carboxylic acids is 1. The van der Waals surface area contributed by atoms with E-state index in [-0.39, 0.29) is 5.75 Å². The van der Waals surface area contributed by atoms with Gasteiger partial charge in [0.1, 0.15) is 0 Å². The molecule has 114 valence electrons. The Morgan fingerprint density at radius 2 is 2.00 bits per heavy atom. The quantitative estimate of drug-likeness (QED) is 0.597. The first-order chi connectivity index (χ1) is 9.40. The van der Waals surface area contributed by atoms with Crippen LogP contribution in [0.4, 0.5) is 5.13 Å². The van der Waals surface area contributed by atoms with Crippen LogP contribution in [0, 0.1) is 0 Å². The highest BCUT2D eigenvalue weighted by atomic mass is 32.2. The van der Waals surface area contributed by atoms with E-state index in [4.69, 9.17) is 0 Å². The number of nitrogens with one attached hydrogen (secondary N) is 2. The van der Waals surface area contributed by atoms with Crippen LogP contribution in [-0.2, 0) is 4.79 Å². The Morgan fingerprint density at radius 1 is 1.35 bits per heavy atom. The van der Waals surface area contributed by atoms with E-state index in [2.05, 4.69) is 43.2 Å². The van der Waals surface area contributed by atoms with E-state index in [9.17, 15) is 9.90 Å². The van der Waals surface area contributed by atoms with E-state index in [0.29, 0.717) is 16.4 Å². The predicted octanol–water partition coefficient (Wildman–Crippen LogP) is -0.506. The molecular formula is C12H22N4O2S2. The zero-order chi connectivity index (χ0) is 15.1. The topological polar surface area (TPSA) is 82.4 Å². The first-order valence-electron chi connectivity index (χ1n) is 6.65. The van der Waals surface area contributed by atoms with Crippen molar-refractivity contribution < 1.29 is 14.8 Å². The summed E-state index contributed by atoms with van der Waals surface area (Å²) in [7, 11) is 0. The minimum Gasteiger partial charge on any atom is -0.549 e. The van der Waals surface area contributed by atoms with Gasteiger partial charge in [-0.1, -0.05) is 23.1 Å². The smallest absolute Gasteiger partial charge is 0.206 e. The molecule has 1 rings (SSSR count). The number of anilines is 1. The molecule has 0 aromatic carbocycles. The molecule has 20 heavy (non-hydrogen) atoms. The summed E-state index contributed by atoms with van der Waals surface area (Å²) in [5, 5.41) is 22.3. The van der Waals surface area contributed by atoms with Crippen LogP contribution in [0.25, 0.3) is 0 Å². The van der Waals surface area contributed by atoms with Gasteiger partial charge in [0.05, 0.1) is 31.1 Å². The van der Waals surface area contributed by atoms with Gasteiger partial charge in [0.25, 0.3) is 0 Å². The Balaban J connectivity index is 2.36. The van der Waals surface area contributed by atoms with Crippen molar-refractivity contribution in [2.75, 3.05) is 24.2 Å². The summed E-state index contributed by atoms with van der Waals surface area (Å²) in [4.78, 5) is 11.9. The Kier molecular flexibility index (Phi) is 7.25. The maximum Gasteiger partial charge on any atom is 0.206 e. The molecule has 0 saturated carbocycles. The van der Waals surface area contributed by atoms with Crippen molar-refractivity contribution in [1.82, 2.24) is 10.2 Å². The number of quaternary nitrogens is 1. The number of hydrogen-bond donors (Lipinski definition) is 2. The summed E-state index contributed by atoms with van der Waals surface area (Å²) < 4.78 is 0.647. The molecule has 0 fully saturated rings. The van der Waals surface area contributed by atoms with Crippen molar-refractivity contribution >= 4 is 34.2 Å². The van der Waals surface area contributed by atoms with Gasteiger partial charge < -0.3 is 20.1 Å². The van der Waals surface area contributed by atoms with E-state index in [1.54, 1.807) is 0 Å². The monoisotopic (exact) mass is 318 g/mol. The highest BCUT2D eigenvalue weighted by molar-refractivity contribution is 8.01. The molecule has 6 nitrogen and oxygen atoms in total. The fourth-order valence-corrected chi connectivity index (χ4v) is 3.51. The lowest BCUT2D eigenvalue weighted by Gasteiger charge is -2.27. The molecular weight excluding hydrogens is 296 g/mol. The summed E-state index contributed by atoms with van der Waals surface area (Å²) in [6.45, 7) is 10.7. The van der Waals surface area contributed by atoms with Gasteiger partial charge in [0.15, 0.2) is 4.34 Å². The van der Waals surface area contributed by atoms with E-state index < -0.39 is 5.97 Å². The van der Waals surface area contributed by atoms with Crippen molar-refractivity contribution in [3.63, 3.8) is 0 Å². The summed E-state index contributed by atoms with van der Waals surface area (Å²) in [5.41, 5.74) is 0. The predicted molar refractivity (Wildman–Crippen MR) is 80.2 cm³/mol. The van der Waals surface area contributed by atoms with Gasteiger partial charge in [0.2, 0.25) is 5.13 Å². The van der Waals surface area contributed by atoms with Crippen LogP contribution in [0.2, 0.25) is 0 Å². The number of aliphatic carboxylic acids is 1. The number of aromatic nitrogens is 2. The Labute approximate surface area is 128 Å². The molecule has 0 aliphatic heterocycles. The zero-order valence-electron chi connectivity index (χ0n) is 12.3. The molecule has 0 unspecified atom stereocenters. The third-order valence-electron chi connectivity index (χ3n) is 2.89. The second-order valence-corrected chi connectivity index (χ2v) is 7.29. The van der Waals surface area contributed by atoms with E-state index >= 15 is 0 Å². The lowest BCUT2D eigenvalue weighted by molar-refractivity contribution is -0.940. The third-order valence-corrected chi connectivity index (χ3v) is 4.88. The molecule has 0 amide bonds. The number of rotatable bonds is 9. The molecule has 0 atom stereocenters. The van der Waals surface area contributed by atoms with Gasteiger partial charge in [-0.3, -0.25) is 0 Å². The Hall–Kier alpha value is -0.860.